The molecular weight excluding hydrogens is 278 g/mol. The van der Waals surface area contributed by atoms with Gasteiger partial charge in [0.15, 0.2) is 0 Å². The van der Waals surface area contributed by atoms with Gasteiger partial charge in [0.1, 0.15) is 0 Å². The van der Waals surface area contributed by atoms with Crippen LogP contribution in [0.1, 0.15) is 36.0 Å². The topological polar surface area (TPSA) is 29.1 Å². The van der Waals surface area contributed by atoms with E-state index in [1.54, 1.807) is 18.2 Å². The number of amides is 1. The lowest BCUT2D eigenvalue weighted by molar-refractivity contribution is 0.0941. The van der Waals surface area contributed by atoms with Gasteiger partial charge in [-0.05, 0) is 55.2 Å². The quantitative estimate of drug-likeness (QED) is 0.816. The van der Waals surface area contributed by atoms with E-state index in [0.29, 0.717) is 16.5 Å². The smallest absolute Gasteiger partial charge is 0.252 e. The van der Waals surface area contributed by atoms with Gasteiger partial charge in [-0.2, -0.15) is 0 Å². The SMILES string of the molecule is O=C(NCC1CC2CCC1C2)c1cc(S)ccc1Cl. The first kappa shape index (κ1) is 13.3. The summed E-state index contributed by atoms with van der Waals surface area (Å²) in [5.41, 5.74) is 0.525. The molecule has 2 nitrogen and oxygen atoms in total. The first-order valence-electron chi connectivity index (χ1n) is 6.90. The van der Waals surface area contributed by atoms with Crippen LogP contribution < -0.4 is 5.32 Å². The maximum Gasteiger partial charge on any atom is 0.252 e. The van der Waals surface area contributed by atoms with Gasteiger partial charge in [-0.1, -0.05) is 18.0 Å². The minimum Gasteiger partial charge on any atom is -0.352 e. The van der Waals surface area contributed by atoms with Crippen molar-refractivity contribution in [3.05, 3.63) is 28.8 Å². The molecule has 1 N–H and O–H groups in total. The second-order valence-electron chi connectivity index (χ2n) is 5.81. The van der Waals surface area contributed by atoms with E-state index in [0.717, 1.165) is 23.3 Å². The fourth-order valence-electron chi connectivity index (χ4n) is 3.63. The third kappa shape index (κ3) is 2.77. The van der Waals surface area contributed by atoms with Crippen molar-refractivity contribution in [2.75, 3.05) is 6.54 Å². The van der Waals surface area contributed by atoms with Gasteiger partial charge in [0.05, 0.1) is 10.6 Å². The Morgan fingerprint density at radius 2 is 2.21 bits per heavy atom. The lowest BCUT2D eigenvalue weighted by Crippen LogP contribution is -2.31. The molecule has 4 heteroatoms. The lowest BCUT2D eigenvalue weighted by atomic mass is 9.89. The number of carbonyl (C=O) groups excluding carboxylic acids is 1. The number of halogens is 1. The summed E-state index contributed by atoms with van der Waals surface area (Å²) in [5.74, 6) is 2.33. The molecule has 0 heterocycles. The molecule has 102 valence electrons. The minimum absolute atomic E-state index is 0.0799. The van der Waals surface area contributed by atoms with Crippen LogP contribution in [-0.2, 0) is 0 Å². The number of carbonyl (C=O) groups is 1. The number of fused-ring (bicyclic) bond motifs is 2. The predicted molar refractivity (Wildman–Crippen MR) is 80.0 cm³/mol. The van der Waals surface area contributed by atoms with Gasteiger partial charge in [0.25, 0.3) is 5.91 Å². The summed E-state index contributed by atoms with van der Waals surface area (Å²) in [5, 5.41) is 3.53. The molecule has 3 rings (SSSR count). The molecule has 3 unspecified atom stereocenters. The monoisotopic (exact) mass is 295 g/mol. The molecule has 2 bridgehead atoms. The van der Waals surface area contributed by atoms with Crippen molar-refractivity contribution in [3.63, 3.8) is 0 Å². The van der Waals surface area contributed by atoms with Crippen LogP contribution in [0.15, 0.2) is 23.1 Å². The third-order valence-corrected chi connectivity index (χ3v) is 5.21. The maximum absolute atomic E-state index is 12.2. The number of hydrogen-bond donors (Lipinski definition) is 2. The Labute approximate surface area is 124 Å². The van der Waals surface area contributed by atoms with Crippen LogP contribution in [0.4, 0.5) is 0 Å². The standard InChI is InChI=1S/C15H18ClNOS/c16-14-4-3-12(19)7-13(14)15(18)17-8-11-6-9-1-2-10(11)5-9/h3-4,7,9-11,19H,1-2,5-6,8H2,(H,17,18). The van der Waals surface area contributed by atoms with E-state index in [-0.39, 0.29) is 5.91 Å². The van der Waals surface area contributed by atoms with Crippen molar-refractivity contribution in [3.8, 4) is 0 Å². The molecule has 2 aliphatic carbocycles. The Bertz CT molecular complexity index is 505. The van der Waals surface area contributed by atoms with Gasteiger partial charge >= 0.3 is 0 Å². The number of rotatable bonds is 3. The summed E-state index contributed by atoms with van der Waals surface area (Å²) >= 11 is 10.3. The number of nitrogens with one attached hydrogen (secondary N) is 1. The second kappa shape index (κ2) is 5.37. The average molecular weight is 296 g/mol. The normalized spacial score (nSPS) is 28.6. The molecule has 0 aliphatic heterocycles. The molecule has 0 aromatic heterocycles. The van der Waals surface area contributed by atoms with Crippen LogP contribution in [-0.4, -0.2) is 12.5 Å². The maximum atomic E-state index is 12.2. The van der Waals surface area contributed by atoms with E-state index in [4.69, 9.17) is 11.6 Å². The van der Waals surface area contributed by atoms with E-state index < -0.39 is 0 Å². The van der Waals surface area contributed by atoms with Crippen LogP contribution in [0.3, 0.4) is 0 Å². The van der Waals surface area contributed by atoms with Gasteiger partial charge in [-0.3, -0.25) is 4.79 Å². The molecular formula is C15H18ClNOS. The summed E-state index contributed by atoms with van der Waals surface area (Å²) < 4.78 is 0. The highest BCUT2D eigenvalue weighted by Crippen LogP contribution is 2.47. The van der Waals surface area contributed by atoms with E-state index in [9.17, 15) is 4.79 Å². The average Bonchev–Trinajstić information content (AvgIpc) is 3.01. The Kier molecular flexibility index (Phi) is 3.77. The number of thiol groups is 1. The summed E-state index contributed by atoms with van der Waals surface area (Å²) in [4.78, 5) is 12.9. The predicted octanol–water partition coefficient (Wildman–Crippen LogP) is 3.79. The largest absolute Gasteiger partial charge is 0.352 e. The lowest BCUT2D eigenvalue weighted by Gasteiger charge is -2.21. The third-order valence-electron chi connectivity index (χ3n) is 4.60. The minimum atomic E-state index is -0.0799. The molecule has 19 heavy (non-hydrogen) atoms. The Balaban J connectivity index is 1.61. The van der Waals surface area contributed by atoms with E-state index in [1.165, 1.54) is 25.7 Å². The van der Waals surface area contributed by atoms with Crippen LogP contribution in [0.5, 0.6) is 0 Å². The van der Waals surface area contributed by atoms with Crippen molar-refractivity contribution in [1.29, 1.82) is 0 Å². The van der Waals surface area contributed by atoms with Crippen molar-refractivity contribution >= 4 is 30.1 Å². The van der Waals surface area contributed by atoms with Gasteiger partial charge in [0.2, 0.25) is 0 Å². The highest BCUT2D eigenvalue weighted by molar-refractivity contribution is 7.80. The van der Waals surface area contributed by atoms with Crippen molar-refractivity contribution < 1.29 is 4.79 Å². The zero-order chi connectivity index (χ0) is 13.4. The van der Waals surface area contributed by atoms with E-state index >= 15 is 0 Å². The van der Waals surface area contributed by atoms with Crippen LogP contribution in [0.2, 0.25) is 5.02 Å². The number of hydrogen-bond acceptors (Lipinski definition) is 2. The summed E-state index contributed by atoms with van der Waals surface area (Å²) in [7, 11) is 0. The zero-order valence-corrected chi connectivity index (χ0v) is 12.4. The second-order valence-corrected chi connectivity index (χ2v) is 6.73. The van der Waals surface area contributed by atoms with Crippen molar-refractivity contribution in [2.45, 2.75) is 30.6 Å². The first-order valence-corrected chi connectivity index (χ1v) is 7.72. The van der Waals surface area contributed by atoms with Crippen LogP contribution in [0.25, 0.3) is 0 Å². The van der Waals surface area contributed by atoms with Crippen molar-refractivity contribution in [1.82, 2.24) is 5.32 Å². The summed E-state index contributed by atoms with van der Waals surface area (Å²) in [6.07, 6.45) is 5.39. The zero-order valence-electron chi connectivity index (χ0n) is 10.7. The van der Waals surface area contributed by atoms with Gasteiger partial charge in [0, 0.05) is 11.4 Å². The molecule has 3 atom stereocenters. The van der Waals surface area contributed by atoms with Crippen LogP contribution in [0, 0.1) is 17.8 Å². The highest BCUT2D eigenvalue weighted by atomic mass is 35.5. The fraction of sp³-hybridized carbons (Fsp3) is 0.533. The van der Waals surface area contributed by atoms with Crippen LogP contribution >= 0.6 is 24.2 Å². The Hall–Kier alpha value is -0.670. The van der Waals surface area contributed by atoms with E-state index in [2.05, 4.69) is 17.9 Å². The summed E-state index contributed by atoms with van der Waals surface area (Å²) in [6.45, 7) is 0.785. The fourth-order valence-corrected chi connectivity index (χ4v) is 4.04. The Morgan fingerprint density at radius 1 is 1.37 bits per heavy atom. The molecule has 1 aromatic rings. The molecule has 1 aromatic carbocycles. The van der Waals surface area contributed by atoms with Gasteiger partial charge in [-0.25, -0.2) is 0 Å². The molecule has 2 fully saturated rings. The molecule has 2 aliphatic rings. The molecule has 1 amide bonds. The molecule has 0 saturated heterocycles. The molecule has 2 saturated carbocycles. The molecule has 0 radical (unpaired) electrons. The number of benzene rings is 1. The van der Waals surface area contributed by atoms with Crippen molar-refractivity contribution in [2.24, 2.45) is 17.8 Å². The summed E-state index contributed by atoms with van der Waals surface area (Å²) in [6, 6.07) is 5.23. The highest BCUT2D eigenvalue weighted by Gasteiger charge is 2.39. The van der Waals surface area contributed by atoms with Gasteiger partial charge in [-0.15, -0.1) is 12.6 Å². The molecule has 0 spiro atoms. The van der Waals surface area contributed by atoms with Gasteiger partial charge < -0.3 is 5.32 Å². The Morgan fingerprint density at radius 3 is 2.89 bits per heavy atom. The van der Waals surface area contributed by atoms with E-state index in [1.807, 2.05) is 0 Å². The first-order chi connectivity index (χ1) is 9.13.